The maximum atomic E-state index is 12.2. The molecule has 0 radical (unpaired) electrons. The quantitative estimate of drug-likeness (QED) is 0.583. The van der Waals surface area contributed by atoms with E-state index >= 15 is 0 Å². The Morgan fingerprint density at radius 3 is 1.86 bits per heavy atom. The standard InChI is InChI=1S/C15H14ClF2NS.ClH/c16-9-14(19)12-3-1-10(2-4-12)11-5-7-13(8-6-11)20-15(17)18;/h1-8,14-15H,9,19H2;1H. The highest BCUT2D eigenvalue weighted by Crippen LogP contribution is 2.28. The Bertz CT molecular complexity index is 547. The van der Waals surface area contributed by atoms with Crippen LogP contribution in [0, 0.1) is 0 Å². The third-order valence-corrected chi connectivity index (χ3v) is 3.97. The van der Waals surface area contributed by atoms with Gasteiger partial charge in [0.25, 0.3) is 5.76 Å². The minimum absolute atomic E-state index is 0. The topological polar surface area (TPSA) is 26.0 Å². The predicted molar refractivity (Wildman–Crippen MR) is 88.6 cm³/mol. The fraction of sp³-hybridized carbons (Fsp3) is 0.200. The number of benzene rings is 2. The van der Waals surface area contributed by atoms with Gasteiger partial charge in [0.1, 0.15) is 0 Å². The molecule has 2 aromatic carbocycles. The lowest BCUT2D eigenvalue weighted by Gasteiger charge is -2.09. The predicted octanol–water partition coefficient (Wildman–Crippen LogP) is 5.33. The molecule has 0 amide bonds. The molecule has 0 aliphatic rings. The van der Waals surface area contributed by atoms with Crippen LogP contribution in [-0.2, 0) is 0 Å². The van der Waals surface area contributed by atoms with Gasteiger partial charge in [-0.1, -0.05) is 48.2 Å². The zero-order valence-electron chi connectivity index (χ0n) is 11.0. The molecule has 0 aliphatic heterocycles. The average molecular weight is 350 g/mol. The molecule has 0 saturated heterocycles. The zero-order valence-corrected chi connectivity index (χ0v) is 13.4. The fourth-order valence-electron chi connectivity index (χ4n) is 1.84. The van der Waals surface area contributed by atoms with Gasteiger partial charge in [-0.15, -0.1) is 24.0 Å². The number of nitrogens with two attached hydrogens (primary N) is 1. The molecule has 0 spiro atoms. The van der Waals surface area contributed by atoms with Gasteiger partial charge in [0, 0.05) is 16.8 Å². The van der Waals surface area contributed by atoms with Crippen LogP contribution in [0.5, 0.6) is 0 Å². The second-order valence-electron chi connectivity index (χ2n) is 4.29. The SMILES string of the molecule is Cl.NC(CCl)c1ccc(-c2ccc(SC(F)F)cc2)cc1. The molecular weight excluding hydrogens is 335 g/mol. The first-order valence-corrected chi connectivity index (χ1v) is 7.48. The summed E-state index contributed by atoms with van der Waals surface area (Å²) in [6, 6.07) is 14.7. The van der Waals surface area contributed by atoms with Crippen LogP contribution < -0.4 is 5.73 Å². The Kier molecular flexibility index (Phi) is 7.46. The molecule has 6 heteroatoms. The van der Waals surface area contributed by atoms with Crippen molar-refractivity contribution in [2.75, 3.05) is 5.88 Å². The van der Waals surface area contributed by atoms with E-state index in [4.69, 9.17) is 17.3 Å². The molecule has 1 unspecified atom stereocenters. The van der Waals surface area contributed by atoms with Crippen LogP contribution >= 0.6 is 35.8 Å². The van der Waals surface area contributed by atoms with Crippen LogP contribution in [0.15, 0.2) is 53.4 Å². The van der Waals surface area contributed by atoms with Crippen molar-refractivity contribution in [3.63, 3.8) is 0 Å². The highest BCUT2D eigenvalue weighted by Gasteiger charge is 2.07. The van der Waals surface area contributed by atoms with E-state index in [1.807, 2.05) is 36.4 Å². The Balaban J connectivity index is 0.00000220. The monoisotopic (exact) mass is 349 g/mol. The Labute approximate surface area is 138 Å². The van der Waals surface area contributed by atoms with Gasteiger partial charge in [0.2, 0.25) is 0 Å². The van der Waals surface area contributed by atoms with Crippen molar-refractivity contribution in [3.05, 3.63) is 54.1 Å². The highest BCUT2D eigenvalue weighted by atomic mass is 35.5. The Morgan fingerprint density at radius 1 is 0.952 bits per heavy atom. The summed E-state index contributed by atoms with van der Waals surface area (Å²) >= 11 is 6.26. The van der Waals surface area contributed by atoms with Crippen molar-refractivity contribution >= 4 is 35.8 Å². The summed E-state index contributed by atoms with van der Waals surface area (Å²) in [7, 11) is 0. The summed E-state index contributed by atoms with van der Waals surface area (Å²) in [6.45, 7) is 0. The first kappa shape index (κ1) is 18.2. The minimum Gasteiger partial charge on any atom is -0.323 e. The van der Waals surface area contributed by atoms with E-state index in [0.29, 0.717) is 22.5 Å². The molecule has 0 aromatic heterocycles. The Morgan fingerprint density at radius 2 is 1.43 bits per heavy atom. The minimum atomic E-state index is -2.39. The highest BCUT2D eigenvalue weighted by molar-refractivity contribution is 7.99. The molecule has 114 valence electrons. The number of hydrogen-bond donors (Lipinski definition) is 1. The van der Waals surface area contributed by atoms with Gasteiger partial charge in [0.15, 0.2) is 0 Å². The van der Waals surface area contributed by atoms with Crippen molar-refractivity contribution in [3.8, 4) is 11.1 Å². The maximum Gasteiger partial charge on any atom is 0.288 e. The molecule has 2 N–H and O–H groups in total. The second kappa shape index (κ2) is 8.59. The number of rotatable bonds is 5. The van der Waals surface area contributed by atoms with Gasteiger partial charge in [-0.05, 0) is 28.8 Å². The third kappa shape index (κ3) is 5.15. The molecule has 0 heterocycles. The normalized spacial score (nSPS) is 12.0. The summed E-state index contributed by atoms with van der Waals surface area (Å²) in [5.41, 5.74) is 8.82. The molecule has 0 aliphatic carbocycles. The molecule has 21 heavy (non-hydrogen) atoms. The maximum absolute atomic E-state index is 12.2. The molecule has 0 fully saturated rings. The van der Waals surface area contributed by atoms with E-state index in [0.717, 1.165) is 16.7 Å². The van der Waals surface area contributed by atoms with E-state index in [1.165, 1.54) is 0 Å². The number of thioether (sulfide) groups is 1. The van der Waals surface area contributed by atoms with E-state index in [2.05, 4.69) is 0 Å². The van der Waals surface area contributed by atoms with Crippen molar-refractivity contribution < 1.29 is 8.78 Å². The van der Waals surface area contributed by atoms with Crippen LogP contribution in [0.2, 0.25) is 0 Å². The van der Waals surface area contributed by atoms with Crippen LogP contribution in [-0.4, -0.2) is 11.6 Å². The third-order valence-electron chi connectivity index (χ3n) is 2.92. The van der Waals surface area contributed by atoms with Gasteiger partial charge >= 0.3 is 0 Å². The lowest BCUT2D eigenvalue weighted by molar-refractivity contribution is 0.252. The van der Waals surface area contributed by atoms with Crippen LogP contribution in [0.3, 0.4) is 0 Å². The number of alkyl halides is 3. The molecule has 2 aromatic rings. The molecule has 1 nitrogen and oxygen atoms in total. The van der Waals surface area contributed by atoms with E-state index < -0.39 is 5.76 Å². The van der Waals surface area contributed by atoms with Crippen molar-refractivity contribution in [2.45, 2.75) is 16.7 Å². The molecular formula is C15H15Cl2F2NS. The summed E-state index contributed by atoms with van der Waals surface area (Å²) in [5.74, 6) is -2.02. The van der Waals surface area contributed by atoms with E-state index in [9.17, 15) is 8.78 Å². The first-order chi connectivity index (χ1) is 9.60. The molecule has 2 rings (SSSR count). The lowest BCUT2D eigenvalue weighted by atomic mass is 10.0. The van der Waals surface area contributed by atoms with E-state index in [1.54, 1.807) is 12.1 Å². The summed E-state index contributed by atoms with van der Waals surface area (Å²) < 4.78 is 24.5. The fourth-order valence-corrected chi connectivity index (χ4v) is 2.52. The van der Waals surface area contributed by atoms with Gasteiger partial charge < -0.3 is 5.73 Å². The molecule has 0 bridgehead atoms. The van der Waals surface area contributed by atoms with Gasteiger partial charge in [-0.2, -0.15) is 8.78 Å². The van der Waals surface area contributed by atoms with E-state index in [-0.39, 0.29) is 18.4 Å². The number of hydrogen-bond acceptors (Lipinski definition) is 2. The molecule has 0 saturated carbocycles. The van der Waals surface area contributed by atoms with Crippen molar-refractivity contribution in [1.82, 2.24) is 0 Å². The van der Waals surface area contributed by atoms with Crippen molar-refractivity contribution in [2.24, 2.45) is 5.73 Å². The lowest BCUT2D eigenvalue weighted by Crippen LogP contribution is -2.11. The zero-order chi connectivity index (χ0) is 14.5. The van der Waals surface area contributed by atoms with Gasteiger partial charge in [-0.3, -0.25) is 0 Å². The summed E-state index contributed by atoms with van der Waals surface area (Å²) in [4.78, 5) is 0.560. The molecule has 1 atom stereocenters. The van der Waals surface area contributed by atoms with Gasteiger partial charge in [-0.25, -0.2) is 0 Å². The Hall–Kier alpha value is -0.810. The second-order valence-corrected chi connectivity index (χ2v) is 5.66. The summed E-state index contributed by atoms with van der Waals surface area (Å²) in [5, 5.41) is 0. The van der Waals surface area contributed by atoms with Crippen LogP contribution in [0.1, 0.15) is 11.6 Å². The van der Waals surface area contributed by atoms with Gasteiger partial charge in [0.05, 0.1) is 0 Å². The number of halogens is 4. The largest absolute Gasteiger partial charge is 0.323 e. The van der Waals surface area contributed by atoms with Crippen LogP contribution in [0.4, 0.5) is 8.78 Å². The van der Waals surface area contributed by atoms with Crippen LogP contribution in [0.25, 0.3) is 11.1 Å². The average Bonchev–Trinajstić information content (AvgIpc) is 2.47. The summed E-state index contributed by atoms with van der Waals surface area (Å²) in [6.07, 6.45) is 0. The smallest absolute Gasteiger partial charge is 0.288 e. The van der Waals surface area contributed by atoms with Crippen molar-refractivity contribution in [1.29, 1.82) is 0 Å². The first-order valence-electron chi connectivity index (χ1n) is 6.07.